The summed E-state index contributed by atoms with van der Waals surface area (Å²) in [5.74, 6) is 0. The lowest BCUT2D eigenvalue weighted by Gasteiger charge is -2.18. The molecule has 0 saturated heterocycles. The lowest BCUT2D eigenvalue weighted by Crippen LogP contribution is -2.07. The van der Waals surface area contributed by atoms with Crippen LogP contribution in [0.25, 0.3) is 66.1 Å². The first kappa shape index (κ1) is 25.5. The van der Waals surface area contributed by atoms with Crippen LogP contribution in [0.1, 0.15) is 5.56 Å². The van der Waals surface area contributed by atoms with Crippen LogP contribution in [-0.4, -0.2) is 6.66 Å². The number of hydrogen-bond donors (Lipinski definition) is 0. The average molecular weight is 568 g/mol. The lowest BCUT2D eigenvalue weighted by molar-refractivity contribution is 0.591. The number of nitriles is 1. The van der Waals surface area contributed by atoms with Crippen LogP contribution in [0, 0.1) is 11.3 Å². The van der Waals surface area contributed by atoms with E-state index in [2.05, 4.69) is 103 Å². The highest BCUT2D eigenvalue weighted by Crippen LogP contribution is 2.51. The second-order valence-electron chi connectivity index (χ2n) is 11.3. The van der Waals surface area contributed by atoms with E-state index in [-0.39, 0.29) is 0 Å². The van der Waals surface area contributed by atoms with Gasteiger partial charge in [-0.3, -0.25) is 0 Å². The maximum absolute atomic E-state index is 13.9. The van der Waals surface area contributed by atoms with Crippen molar-refractivity contribution >= 4 is 39.3 Å². The van der Waals surface area contributed by atoms with Crippen LogP contribution in [0.15, 0.2) is 140 Å². The molecule has 1 atom stereocenters. The standard InChI is InChI=1S/C40H26NOP/c1-43(42)37-16-7-6-11-31(37)36-24-30(21-22-38(36)43)40-34-14-4-2-12-32(34)39(33-13-3-5-15-35(33)40)28-19-17-27(18-20-28)29-10-8-9-26(23-29)25-41/h2-24H,1H3. The van der Waals surface area contributed by atoms with Gasteiger partial charge in [-0.25, -0.2) is 0 Å². The zero-order chi connectivity index (χ0) is 29.1. The quantitative estimate of drug-likeness (QED) is 0.158. The van der Waals surface area contributed by atoms with E-state index >= 15 is 0 Å². The van der Waals surface area contributed by atoms with Crippen molar-refractivity contribution in [2.45, 2.75) is 0 Å². The molecule has 0 fully saturated rings. The van der Waals surface area contributed by atoms with Gasteiger partial charge in [-0.15, -0.1) is 0 Å². The Morgan fingerprint density at radius 2 is 1.02 bits per heavy atom. The molecule has 8 rings (SSSR count). The van der Waals surface area contributed by atoms with Crippen LogP contribution in [0.2, 0.25) is 0 Å². The minimum absolute atomic E-state index is 0.658. The molecule has 0 bridgehead atoms. The van der Waals surface area contributed by atoms with Crippen molar-refractivity contribution in [3.05, 3.63) is 145 Å². The molecule has 0 spiro atoms. The summed E-state index contributed by atoms with van der Waals surface area (Å²) >= 11 is 0. The van der Waals surface area contributed by atoms with Gasteiger partial charge in [0.05, 0.1) is 11.6 Å². The van der Waals surface area contributed by atoms with E-state index in [1.807, 2.05) is 49.1 Å². The largest absolute Gasteiger partial charge is 0.314 e. The highest BCUT2D eigenvalue weighted by molar-refractivity contribution is 7.79. The Hall–Kier alpha value is -5.22. The molecule has 0 amide bonds. The Morgan fingerprint density at radius 1 is 0.488 bits per heavy atom. The van der Waals surface area contributed by atoms with Gasteiger partial charge < -0.3 is 4.57 Å². The van der Waals surface area contributed by atoms with Crippen molar-refractivity contribution in [1.29, 1.82) is 5.26 Å². The summed E-state index contributed by atoms with van der Waals surface area (Å²) in [7, 11) is -2.63. The van der Waals surface area contributed by atoms with Crippen LogP contribution in [0.5, 0.6) is 0 Å². The predicted octanol–water partition coefficient (Wildman–Crippen LogP) is 9.79. The van der Waals surface area contributed by atoms with Crippen LogP contribution in [0.4, 0.5) is 0 Å². The molecule has 0 radical (unpaired) electrons. The zero-order valence-corrected chi connectivity index (χ0v) is 24.5. The molecule has 1 heterocycles. The average Bonchev–Trinajstić information content (AvgIpc) is 3.29. The number of hydrogen-bond acceptors (Lipinski definition) is 2. The fourth-order valence-electron chi connectivity index (χ4n) is 6.83. The third-order valence-corrected chi connectivity index (χ3v) is 11.4. The topological polar surface area (TPSA) is 40.9 Å². The van der Waals surface area contributed by atoms with E-state index in [1.165, 1.54) is 32.7 Å². The van der Waals surface area contributed by atoms with Crippen molar-refractivity contribution in [2.75, 3.05) is 6.66 Å². The highest BCUT2D eigenvalue weighted by atomic mass is 31.2. The van der Waals surface area contributed by atoms with Crippen molar-refractivity contribution in [1.82, 2.24) is 0 Å². The zero-order valence-electron chi connectivity index (χ0n) is 23.6. The molecular formula is C40H26NOP. The monoisotopic (exact) mass is 567 g/mol. The smallest absolute Gasteiger partial charge is 0.141 e. The lowest BCUT2D eigenvalue weighted by atomic mass is 9.85. The molecule has 0 aromatic heterocycles. The summed E-state index contributed by atoms with van der Waals surface area (Å²) in [5.41, 5.74) is 9.60. The third-order valence-electron chi connectivity index (χ3n) is 8.83. The highest BCUT2D eigenvalue weighted by Gasteiger charge is 2.34. The minimum Gasteiger partial charge on any atom is -0.314 e. The van der Waals surface area contributed by atoms with Crippen LogP contribution in [0.3, 0.4) is 0 Å². The fraction of sp³-hybridized carbons (Fsp3) is 0.0250. The van der Waals surface area contributed by atoms with Crippen LogP contribution in [-0.2, 0) is 4.57 Å². The van der Waals surface area contributed by atoms with E-state index in [4.69, 9.17) is 0 Å². The van der Waals surface area contributed by atoms with Gasteiger partial charge in [-0.1, -0.05) is 115 Å². The molecule has 3 heteroatoms. The van der Waals surface area contributed by atoms with Gasteiger partial charge >= 0.3 is 0 Å². The Balaban J connectivity index is 1.35. The summed E-state index contributed by atoms with van der Waals surface area (Å²) in [6, 6.07) is 50.6. The summed E-state index contributed by atoms with van der Waals surface area (Å²) in [6.45, 7) is 1.89. The molecule has 2 nitrogen and oxygen atoms in total. The Kier molecular flexibility index (Phi) is 5.73. The van der Waals surface area contributed by atoms with Crippen LogP contribution < -0.4 is 10.6 Å². The van der Waals surface area contributed by atoms with E-state index in [9.17, 15) is 9.83 Å². The maximum Gasteiger partial charge on any atom is 0.141 e. The van der Waals surface area contributed by atoms with Crippen LogP contribution >= 0.6 is 7.14 Å². The molecule has 1 aliphatic rings. The molecule has 0 aliphatic carbocycles. The summed E-state index contributed by atoms with van der Waals surface area (Å²) in [6.07, 6.45) is 0. The first-order valence-corrected chi connectivity index (χ1v) is 16.6. The van der Waals surface area contributed by atoms with Gasteiger partial charge in [-0.2, -0.15) is 5.26 Å². The fourth-order valence-corrected chi connectivity index (χ4v) is 9.12. The molecule has 7 aromatic rings. The van der Waals surface area contributed by atoms with Gasteiger partial charge in [-0.05, 0) is 97.0 Å². The minimum atomic E-state index is -2.63. The predicted molar refractivity (Wildman–Crippen MR) is 181 cm³/mol. The molecule has 43 heavy (non-hydrogen) atoms. The normalized spacial score (nSPS) is 15.3. The van der Waals surface area contributed by atoms with E-state index in [1.54, 1.807) is 0 Å². The Bertz CT molecular complexity index is 2290. The second-order valence-corrected chi connectivity index (χ2v) is 14.1. The van der Waals surface area contributed by atoms with Gasteiger partial charge in [0, 0.05) is 10.6 Å². The summed E-state index contributed by atoms with van der Waals surface area (Å²) < 4.78 is 13.9. The number of nitrogens with zero attached hydrogens (tertiary/aromatic N) is 1. The molecular weight excluding hydrogens is 541 g/mol. The van der Waals surface area contributed by atoms with E-state index in [0.717, 1.165) is 44.0 Å². The van der Waals surface area contributed by atoms with Gasteiger partial charge in [0.1, 0.15) is 7.14 Å². The van der Waals surface area contributed by atoms with Crippen molar-refractivity contribution in [3.63, 3.8) is 0 Å². The maximum atomic E-state index is 13.9. The van der Waals surface area contributed by atoms with Crippen molar-refractivity contribution in [3.8, 4) is 50.6 Å². The molecule has 0 N–H and O–H groups in total. The Morgan fingerprint density at radius 3 is 1.67 bits per heavy atom. The third kappa shape index (κ3) is 3.90. The van der Waals surface area contributed by atoms with Crippen molar-refractivity contribution in [2.24, 2.45) is 0 Å². The van der Waals surface area contributed by atoms with E-state index in [0.29, 0.717) is 5.56 Å². The van der Waals surface area contributed by atoms with Gasteiger partial charge in [0.25, 0.3) is 0 Å². The Labute approximate surface area is 250 Å². The SMILES string of the molecule is CP1(=O)c2ccccc2-c2cc(-c3c4ccccc4c(-c4ccc(-c5cccc(C#N)c5)cc4)c4ccccc34)ccc21. The number of fused-ring (bicyclic) bond motifs is 5. The molecule has 202 valence electrons. The van der Waals surface area contributed by atoms with E-state index < -0.39 is 7.14 Å². The number of rotatable bonds is 3. The second kappa shape index (κ2) is 9.67. The molecule has 1 unspecified atom stereocenters. The molecule has 0 saturated carbocycles. The van der Waals surface area contributed by atoms with Gasteiger partial charge in [0.15, 0.2) is 0 Å². The van der Waals surface area contributed by atoms with Gasteiger partial charge in [0.2, 0.25) is 0 Å². The first-order chi connectivity index (χ1) is 21.0. The molecule has 7 aromatic carbocycles. The first-order valence-electron chi connectivity index (χ1n) is 14.4. The number of benzene rings is 7. The summed E-state index contributed by atoms with van der Waals surface area (Å²) in [4.78, 5) is 0. The summed E-state index contributed by atoms with van der Waals surface area (Å²) in [5, 5.41) is 16.0. The van der Waals surface area contributed by atoms with Crippen molar-refractivity contribution < 1.29 is 4.57 Å². The molecule has 1 aliphatic heterocycles.